The highest BCUT2D eigenvalue weighted by Crippen LogP contribution is 2.29. The lowest BCUT2D eigenvalue weighted by atomic mass is 9.98. The van der Waals surface area contributed by atoms with Gasteiger partial charge in [0.2, 0.25) is 0 Å². The molecule has 0 atom stereocenters. The number of carbonyl (C=O) groups is 1. The number of halogens is 1. The van der Waals surface area contributed by atoms with Crippen LogP contribution >= 0.6 is 0 Å². The lowest BCUT2D eigenvalue weighted by molar-refractivity contribution is 0.0996. The molecule has 0 fully saturated rings. The number of rotatable bonds is 4. The van der Waals surface area contributed by atoms with Crippen LogP contribution in [-0.2, 0) is 6.54 Å². The number of imidazole rings is 1. The minimum atomic E-state index is -0.601. The fraction of sp³-hybridized carbons (Fsp3) is 0.0952. The van der Waals surface area contributed by atoms with Crippen molar-refractivity contribution in [2.24, 2.45) is 5.73 Å². The summed E-state index contributed by atoms with van der Waals surface area (Å²) in [6.07, 6.45) is 3.67. The molecule has 0 bridgehead atoms. The second-order valence-electron chi connectivity index (χ2n) is 6.38. The van der Waals surface area contributed by atoms with E-state index in [2.05, 4.69) is 9.97 Å². The minimum Gasteiger partial charge on any atom is -0.364 e. The number of hydrogen-bond donors (Lipinski definition) is 1. The number of hydrogen-bond acceptors (Lipinski definition) is 3. The molecule has 5 nitrogen and oxygen atoms in total. The highest BCUT2D eigenvalue weighted by molar-refractivity contribution is 6.00. The number of pyridine rings is 1. The standard InChI is InChI=1S/C21H17FN4O/c1-13-24-8-9-26(13)12-14-2-7-17-18(15-3-5-16(22)6-4-15)11-20(21(23)27)25-19(17)10-14/h2-11H,12H2,1H3,(H2,23,27). The molecule has 4 aromatic rings. The Balaban J connectivity index is 1.86. The predicted molar refractivity (Wildman–Crippen MR) is 102 cm³/mol. The molecule has 4 rings (SSSR count). The zero-order chi connectivity index (χ0) is 19.0. The van der Waals surface area contributed by atoms with Crippen molar-refractivity contribution < 1.29 is 9.18 Å². The first-order valence-corrected chi connectivity index (χ1v) is 8.48. The molecule has 0 saturated heterocycles. The lowest BCUT2D eigenvalue weighted by Gasteiger charge is -2.11. The van der Waals surface area contributed by atoms with Gasteiger partial charge in [0.05, 0.1) is 5.52 Å². The van der Waals surface area contributed by atoms with Gasteiger partial charge < -0.3 is 10.3 Å². The second kappa shape index (κ2) is 6.64. The van der Waals surface area contributed by atoms with Crippen molar-refractivity contribution in [2.45, 2.75) is 13.5 Å². The number of primary amides is 1. The van der Waals surface area contributed by atoms with E-state index >= 15 is 0 Å². The molecule has 0 aliphatic carbocycles. The quantitative estimate of drug-likeness (QED) is 0.603. The average molecular weight is 360 g/mol. The molecule has 134 valence electrons. The third-order valence-electron chi connectivity index (χ3n) is 4.56. The van der Waals surface area contributed by atoms with E-state index in [9.17, 15) is 9.18 Å². The monoisotopic (exact) mass is 360 g/mol. The van der Waals surface area contributed by atoms with Crippen LogP contribution in [0.4, 0.5) is 4.39 Å². The summed E-state index contributed by atoms with van der Waals surface area (Å²) in [5.41, 5.74) is 8.93. The fourth-order valence-corrected chi connectivity index (χ4v) is 3.13. The third-order valence-corrected chi connectivity index (χ3v) is 4.56. The summed E-state index contributed by atoms with van der Waals surface area (Å²) in [5, 5.41) is 0.873. The van der Waals surface area contributed by atoms with Crippen molar-refractivity contribution in [3.8, 4) is 11.1 Å². The summed E-state index contributed by atoms with van der Waals surface area (Å²) >= 11 is 0. The maximum absolute atomic E-state index is 13.3. The first kappa shape index (κ1) is 16.9. The van der Waals surface area contributed by atoms with Crippen molar-refractivity contribution in [3.05, 3.63) is 83.8 Å². The van der Waals surface area contributed by atoms with Gasteiger partial charge in [0, 0.05) is 24.3 Å². The van der Waals surface area contributed by atoms with Crippen molar-refractivity contribution in [2.75, 3.05) is 0 Å². The van der Waals surface area contributed by atoms with Gasteiger partial charge in [0.15, 0.2) is 0 Å². The van der Waals surface area contributed by atoms with Crippen LogP contribution in [-0.4, -0.2) is 20.4 Å². The molecular formula is C21H17FN4O. The summed E-state index contributed by atoms with van der Waals surface area (Å²) < 4.78 is 15.3. The van der Waals surface area contributed by atoms with Gasteiger partial charge in [-0.15, -0.1) is 0 Å². The lowest BCUT2D eigenvalue weighted by Crippen LogP contribution is -2.13. The van der Waals surface area contributed by atoms with Crippen molar-refractivity contribution in [1.29, 1.82) is 0 Å². The second-order valence-corrected chi connectivity index (χ2v) is 6.38. The molecule has 0 unspecified atom stereocenters. The van der Waals surface area contributed by atoms with Crippen LogP contribution < -0.4 is 5.73 Å². The summed E-state index contributed by atoms with van der Waals surface area (Å²) in [5.74, 6) is 0.00212. The summed E-state index contributed by atoms with van der Waals surface area (Å²) in [4.78, 5) is 20.4. The summed E-state index contributed by atoms with van der Waals surface area (Å²) in [6, 6.07) is 13.7. The highest BCUT2D eigenvalue weighted by Gasteiger charge is 2.12. The summed E-state index contributed by atoms with van der Waals surface area (Å²) in [7, 11) is 0. The highest BCUT2D eigenvalue weighted by atomic mass is 19.1. The van der Waals surface area contributed by atoms with Crippen LogP contribution in [0.1, 0.15) is 21.9 Å². The number of benzene rings is 2. The normalized spacial score (nSPS) is 11.0. The van der Waals surface area contributed by atoms with Gasteiger partial charge in [-0.25, -0.2) is 14.4 Å². The number of nitrogens with zero attached hydrogens (tertiary/aromatic N) is 3. The Morgan fingerprint density at radius 1 is 1.15 bits per heavy atom. The Kier molecular flexibility index (Phi) is 4.16. The van der Waals surface area contributed by atoms with Gasteiger partial charge in [0.1, 0.15) is 17.3 Å². The third kappa shape index (κ3) is 3.29. The van der Waals surface area contributed by atoms with Crippen LogP contribution in [0.2, 0.25) is 0 Å². The smallest absolute Gasteiger partial charge is 0.267 e. The number of fused-ring (bicyclic) bond motifs is 1. The molecule has 2 aromatic heterocycles. The van der Waals surface area contributed by atoms with Crippen LogP contribution in [0.5, 0.6) is 0 Å². The Morgan fingerprint density at radius 3 is 2.59 bits per heavy atom. The van der Waals surface area contributed by atoms with Gasteiger partial charge in [0.25, 0.3) is 5.91 Å². The zero-order valence-corrected chi connectivity index (χ0v) is 14.7. The van der Waals surface area contributed by atoms with E-state index in [1.807, 2.05) is 35.9 Å². The zero-order valence-electron chi connectivity index (χ0n) is 14.7. The summed E-state index contributed by atoms with van der Waals surface area (Å²) in [6.45, 7) is 2.59. The maximum atomic E-state index is 13.3. The van der Waals surface area contributed by atoms with Crippen molar-refractivity contribution in [1.82, 2.24) is 14.5 Å². The molecule has 0 aliphatic heterocycles. The number of aromatic nitrogens is 3. The van der Waals surface area contributed by atoms with E-state index in [-0.39, 0.29) is 11.5 Å². The van der Waals surface area contributed by atoms with E-state index in [1.165, 1.54) is 12.1 Å². The number of aryl methyl sites for hydroxylation is 1. The van der Waals surface area contributed by atoms with Gasteiger partial charge in [-0.2, -0.15) is 0 Å². The van der Waals surface area contributed by atoms with E-state index in [1.54, 1.807) is 24.4 Å². The number of nitrogens with two attached hydrogens (primary N) is 1. The van der Waals surface area contributed by atoms with Crippen LogP contribution in [0, 0.1) is 12.7 Å². The Bertz CT molecular complexity index is 1150. The van der Waals surface area contributed by atoms with Crippen LogP contribution in [0.15, 0.2) is 60.9 Å². The number of carbonyl (C=O) groups excluding carboxylic acids is 1. The molecule has 1 amide bonds. The fourth-order valence-electron chi connectivity index (χ4n) is 3.13. The van der Waals surface area contributed by atoms with Crippen molar-refractivity contribution in [3.63, 3.8) is 0 Å². The van der Waals surface area contributed by atoms with Gasteiger partial charge in [-0.1, -0.05) is 24.3 Å². The molecule has 0 radical (unpaired) electrons. The Hall–Kier alpha value is -3.54. The molecular weight excluding hydrogens is 343 g/mol. The average Bonchev–Trinajstić information content (AvgIpc) is 3.06. The first-order valence-electron chi connectivity index (χ1n) is 8.48. The van der Waals surface area contributed by atoms with Gasteiger partial charge >= 0.3 is 0 Å². The van der Waals surface area contributed by atoms with E-state index in [0.29, 0.717) is 12.1 Å². The SMILES string of the molecule is Cc1nccn1Cc1ccc2c(-c3ccc(F)cc3)cc(C(N)=O)nc2c1. The molecule has 2 N–H and O–H groups in total. The largest absolute Gasteiger partial charge is 0.364 e. The molecule has 0 saturated carbocycles. The minimum absolute atomic E-state index is 0.179. The Labute approximate surface area is 155 Å². The predicted octanol–water partition coefficient (Wildman–Crippen LogP) is 3.69. The molecule has 27 heavy (non-hydrogen) atoms. The molecule has 6 heteroatoms. The number of amides is 1. The van der Waals surface area contributed by atoms with E-state index in [4.69, 9.17) is 5.73 Å². The maximum Gasteiger partial charge on any atom is 0.267 e. The molecule has 0 spiro atoms. The van der Waals surface area contributed by atoms with Crippen LogP contribution in [0.3, 0.4) is 0 Å². The first-order chi connectivity index (χ1) is 13.0. The van der Waals surface area contributed by atoms with Gasteiger partial charge in [-0.3, -0.25) is 4.79 Å². The van der Waals surface area contributed by atoms with E-state index in [0.717, 1.165) is 27.9 Å². The van der Waals surface area contributed by atoms with Crippen LogP contribution in [0.25, 0.3) is 22.0 Å². The van der Waals surface area contributed by atoms with Gasteiger partial charge in [-0.05, 0) is 47.9 Å². The molecule has 2 heterocycles. The molecule has 0 aliphatic rings. The topological polar surface area (TPSA) is 73.8 Å². The molecule has 2 aromatic carbocycles. The van der Waals surface area contributed by atoms with Crippen molar-refractivity contribution >= 4 is 16.8 Å². The van der Waals surface area contributed by atoms with E-state index < -0.39 is 5.91 Å². The Morgan fingerprint density at radius 2 is 1.93 bits per heavy atom.